The molecule has 1 aliphatic rings. The van der Waals surface area contributed by atoms with E-state index in [1.54, 1.807) is 25.4 Å². The van der Waals surface area contributed by atoms with Gasteiger partial charge in [-0.2, -0.15) is 0 Å². The highest BCUT2D eigenvalue weighted by atomic mass is 19.1. The minimum Gasteiger partial charge on any atom is -0.454 e. The van der Waals surface area contributed by atoms with Gasteiger partial charge in [-0.1, -0.05) is 53.7 Å². The molecule has 5 heteroatoms. The van der Waals surface area contributed by atoms with Gasteiger partial charge in [0.15, 0.2) is 11.6 Å². The first-order valence-corrected chi connectivity index (χ1v) is 10.4. The second-order valence-corrected chi connectivity index (χ2v) is 7.23. The molecule has 1 heterocycles. The molecule has 1 unspecified atom stereocenters. The Balaban J connectivity index is 0.00000106. The molecule has 1 aromatic carbocycles. The lowest BCUT2D eigenvalue weighted by molar-refractivity contribution is 0.103. The number of pyridine rings is 1. The van der Waals surface area contributed by atoms with Crippen molar-refractivity contribution in [1.29, 1.82) is 0 Å². The summed E-state index contributed by atoms with van der Waals surface area (Å²) >= 11 is 0. The number of nitrogens with zero attached hydrogens (tertiary/aromatic N) is 1. The van der Waals surface area contributed by atoms with Gasteiger partial charge in [0.1, 0.15) is 11.4 Å². The zero-order valence-corrected chi connectivity index (χ0v) is 19.4. The number of rotatable bonds is 3. The number of nitrogens with two attached hydrogens (primary N) is 1. The summed E-state index contributed by atoms with van der Waals surface area (Å²) in [5, 5.41) is 1.52. The van der Waals surface area contributed by atoms with E-state index in [9.17, 15) is 4.39 Å². The summed E-state index contributed by atoms with van der Waals surface area (Å²) in [6.07, 6.45) is 9.73. The molecule has 0 bridgehead atoms. The first-order valence-electron chi connectivity index (χ1n) is 10.4. The van der Waals surface area contributed by atoms with Gasteiger partial charge >= 0.3 is 0 Å². The van der Waals surface area contributed by atoms with Crippen LogP contribution in [0.15, 0.2) is 42.6 Å². The van der Waals surface area contributed by atoms with E-state index in [-0.39, 0.29) is 11.2 Å². The van der Waals surface area contributed by atoms with Crippen molar-refractivity contribution >= 4 is 17.8 Å². The van der Waals surface area contributed by atoms with Crippen LogP contribution in [0, 0.1) is 11.2 Å². The van der Waals surface area contributed by atoms with Gasteiger partial charge < -0.3 is 15.2 Å². The molecule has 0 spiro atoms. The molecular weight excluding hydrogens is 379 g/mol. The van der Waals surface area contributed by atoms with Crippen molar-refractivity contribution in [3.63, 3.8) is 0 Å². The van der Waals surface area contributed by atoms with Crippen LogP contribution in [0.2, 0.25) is 0 Å². The van der Waals surface area contributed by atoms with Crippen LogP contribution in [0.4, 0.5) is 10.1 Å². The number of aromatic nitrogens is 1. The molecule has 30 heavy (non-hydrogen) atoms. The van der Waals surface area contributed by atoms with E-state index in [0.717, 1.165) is 10.6 Å². The zero-order chi connectivity index (χ0) is 22.9. The molecule has 0 aliphatic heterocycles. The predicted molar refractivity (Wildman–Crippen MR) is 124 cm³/mol. The highest BCUT2D eigenvalue weighted by Gasteiger charge is 2.22. The molecule has 3 rings (SSSR count). The Morgan fingerprint density at radius 2 is 1.60 bits per heavy atom. The van der Waals surface area contributed by atoms with Crippen molar-refractivity contribution in [2.75, 3.05) is 12.8 Å². The second kappa shape index (κ2) is 10.9. The molecule has 0 saturated carbocycles. The van der Waals surface area contributed by atoms with Gasteiger partial charge in [-0.15, -0.1) is 0 Å². The van der Waals surface area contributed by atoms with Crippen LogP contribution in [0.25, 0.3) is 12.2 Å². The molecule has 4 nitrogen and oxygen atoms in total. The van der Waals surface area contributed by atoms with Gasteiger partial charge in [0.05, 0.1) is 5.35 Å². The molecule has 0 saturated heterocycles. The number of hydrogen-bond acceptors (Lipinski definition) is 4. The zero-order valence-electron chi connectivity index (χ0n) is 19.4. The monoisotopic (exact) mass is 414 g/mol. The van der Waals surface area contributed by atoms with Gasteiger partial charge in [-0.25, -0.2) is 4.39 Å². The summed E-state index contributed by atoms with van der Waals surface area (Å²) in [5.41, 5.74) is 5.10. The van der Waals surface area contributed by atoms with Crippen LogP contribution in [0.3, 0.4) is 0 Å². The standard InChI is InChI=1S/C21H23FN2O2.2C2H6/c1-20(2)8-9-21(3,25-4)12-15-17(13-20)24-10-7-18(15)26-19-6-5-14(23)11-16(19)22;2*1-2/h5-13H,23H2,1-4H3;2*1-2H3/b9-8-,15-12+,17-13+;;. The molecule has 2 N–H and O–H groups in total. The molecule has 1 atom stereocenters. The summed E-state index contributed by atoms with van der Waals surface area (Å²) in [7, 11) is 1.65. The lowest BCUT2D eigenvalue weighted by Gasteiger charge is -2.25. The predicted octanol–water partition coefficient (Wildman–Crippen LogP) is 5.21. The van der Waals surface area contributed by atoms with Crippen molar-refractivity contribution in [3.8, 4) is 11.5 Å². The molecule has 0 amide bonds. The number of benzene rings is 1. The van der Waals surface area contributed by atoms with E-state index in [1.807, 2.05) is 46.8 Å². The van der Waals surface area contributed by atoms with E-state index in [2.05, 4.69) is 31.0 Å². The van der Waals surface area contributed by atoms with Crippen molar-refractivity contribution in [2.24, 2.45) is 5.41 Å². The van der Waals surface area contributed by atoms with E-state index >= 15 is 0 Å². The largest absolute Gasteiger partial charge is 0.454 e. The third kappa shape index (κ3) is 6.42. The van der Waals surface area contributed by atoms with Crippen LogP contribution in [0.1, 0.15) is 48.5 Å². The van der Waals surface area contributed by atoms with E-state index < -0.39 is 11.4 Å². The lowest BCUT2D eigenvalue weighted by Crippen LogP contribution is -2.37. The number of allylic oxidation sites excluding steroid dienone is 1. The first kappa shape index (κ1) is 25.4. The molecule has 1 aromatic heterocycles. The summed E-state index contributed by atoms with van der Waals surface area (Å²) in [5.74, 6) is 0.0985. The second-order valence-electron chi connectivity index (χ2n) is 7.23. The number of ether oxygens (including phenoxy) is 2. The Kier molecular flexibility index (Phi) is 9.24. The molecule has 0 radical (unpaired) electrons. The Morgan fingerprint density at radius 3 is 2.20 bits per heavy atom. The lowest BCUT2D eigenvalue weighted by atomic mass is 9.87. The first-order chi connectivity index (χ1) is 14.2. The maximum Gasteiger partial charge on any atom is 0.167 e. The minimum atomic E-state index is -0.638. The Morgan fingerprint density at radius 1 is 0.933 bits per heavy atom. The highest BCUT2D eigenvalue weighted by molar-refractivity contribution is 5.51. The van der Waals surface area contributed by atoms with E-state index in [0.29, 0.717) is 11.4 Å². The van der Waals surface area contributed by atoms with Gasteiger partial charge in [0, 0.05) is 35.7 Å². The van der Waals surface area contributed by atoms with Crippen LogP contribution in [-0.4, -0.2) is 17.7 Å². The average Bonchev–Trinajstić information content (AvgIpc) is 2.73. The number of anilines is 1. The molecule has 164 valence electrons. The number of fused-ring (bicyclic) bond motifs is 1. The molecule has 2 aromatic rings. The van der Waals surface area contributed by atoms with Gasteiger partial charge in [0.2, 0.25) is 0 Å². The highest BCUT2D eigenvalue weighted by Crippen LogP contribution is 2.26. The molecule has 1 aliphatic carbocycles. The smallest absolute Gasteiger partial charge is 0.167 e. The number of methoxy groups -OCH3 is 1. The number of nitrogen functional groups attached to an aromatic ring is 1. The van der Waals surface area contributed by atoms with Gasteiger partial charge in [-0.3, -0.25) is 4.98 Å². The topological polar surface area (TPSA) is 57.4 Å². The van der Waals surface area contributed by atoms with Crippen molar-refractivity contribution in [3.05, 3.63) is 59.0 Å². The minimum absolute atomic E-state index is 0.108. The third-order valence-electron chi connectivity index (χ3n) is 4.38. The SMILES string of the molecule is CC.CC.COC1(C)/C=C\C(C)(C)/C=c2/nccc(Oc3ccc(N)cc3F)/c2=C/1. The van der Waals surface area contributed by atoms with Crippen LogP contribution in [0.5, 0.6) is 11.5 Å². The van der Waals surface area contributed by atoms with Gasteiger partial charge in [0.25, 0.3) is 0 Å². The van der Waals surface area contributed by atoms with Crippen molar-refractivity contribution in [2.45, 2.75) is 54.1 Å². The average molecular weight is 415 g/mol. The van der Waals surface area contributed by atoms with E-state index in [4.69, 9.17) is 15.2 Å². The quantitative estimate of drug-likeness (QED) is 0.553. The summed E-state index contributed by atoms with van der Waals surface area (Å²) in [6, 6.07) is 6.07. The fraction of sp³-hybridized carbons (Fsp3) is 0.400. The number of hydrogen-bond donors (Lipinski definition) is 1. The Bertz CT molecular complexity index is 983. The normalized spacial score (nSPS) is 21.9. The van der Waals surface area contributed by atoms with Crippen LogP contribution < -0.4 is 21.0 Å². The fourth-order valence-corrected chi connectivity index (χ4v) is 2.78. The number of halogens is 1. The third-order valence-corrected chi connectivity index (χ3v) is 4.38. The van der Waals surface area contributed by atoms with Crippen LogP contribution in [-0.2, 0) is 4.74 Å². The Hall–Kier alpha value is -2.66. The Labute approximate surface area is 179 Å². The maximum atomic E-state index is 14.2. The molecule has 0 fully saturated rings. The van der Waals surface area contributed by atoms with Gasteiger partial charge in [-0.05, 0) is 37.3 Å². The fourth-order valence-electron chi connectivity index (χ4n) is 2.78. The van der Waals surface area contributed by atoms with Crippen molar-refractivity contribution in [1.82, 2.24) is 4.98 Å². The summed E-state index contributed by atoms with van der Waals surface area (Å²) in [6.45, 7) is 14.1. The van der Waals surface area contributed by atoms with Crippen molar-refractivity contribution < 1.29 is 13.9 Å². The summed E-state index contributed by atoms with van der Waals surface area (Å²) < 4.78 is 25.7. The van der Waals surface area contributed by atoms with Crippen LogP contribution >= 0.6 is 0 Å². The molecular formula is C25H35FN2O2. The van der Waals surface area contributed by atoms with E-state index in [1.165, 1.54) is 12.1 Å². The maximum absolute atomic E-state index is 14.2. The summed E-state index contributed by atoms with van der Waals surface area (Å²) in [4.78, 5) is 4.49.